The van der Waals surface area contributed by atoms with Crippen LogP contribution in [0.4, 0.5) is 5.82 Å². The zero-order chi connectivity index (χ0) is 46.8. The molecule has 0 radical (unpaired) electrons. The number of nitrogens with zero attached hydrogens (tertiary/aromatic N) is 7. The molecule has 342 valence electrons. The largest absolute Gasteiger partial charge is 0.497 e. The van der Waals surface area contributed by atoms with Gasteiger partial charge in [0.1, 0.15) is 48.3 Å². The number of imidazole rings is 1. The van der Waals surface area contributed by atoms with Gasteiger partial charge in [0.25, 0.3) is 13.4 Å². The van der Waals surface area contributed by atoms with Gasteiger partial charge in [0.2, 0.25) is 0 Å². The van der Waals surface area contributed by atoms with Crippen LogP contribution >= 0.6 is 7.52 Å². The van der Waals surface area contributed by atoms with Crippen LogP contribution in [-0.4, -0.2) is 94.1 Å². The van der Waals surface area contributed by atoms with Crippen LogP contribution in [0.1, 0.15) is 67.4 Å². The molecule has 66 heavy (non-hydrogen) atoms. The molecule has 1 aliphatic rings. The lowest BCUT2D eigenvalue weighted by atomic mass is 9.80. The highest BCUT2D eigenvalue weighted by Gasteiger charge is 2.53. The summed E-state index contributed by atoms with van der Waals surface area (Å²) in [6, 6.07) is 37.3. The molecule has 17 heteroatoms. The summed E-state index contributed by atoms with van der Waals surface area (Å²) in [5.74, 6) is 1.06. The lowest BCUT2D eigenvalue weighted by molar-refractivity contribution is -0.0943. The van der Waals surface area contributed by atoms with E-state index in [9.17, 15) is 15.3 Å². The number of rotatable bonds is 20. The van der Waals surface area contributed by atoms with Gasteiger partial charge in [-0.25, -0.2) is 19.6 Å². The van der Waals surface area contributed by atoms with Crippen LogP contribution in [0.25, 0.3) is 11.2 Å². The fraction of sp³-hybridized carbons (Fsp3) is 0.347. The lowest BCUT2D eigenvalue weighted by Crippen LogP contribution is -2.44. The zero-order valence-corrected chi connectivity index (χ0v) is 38.6. The second-order valence-corrected chi connectivity index (χ2v) is 18.5. The van der Waals surface area contributed by atoms with Crippen LogP contribution < -0.4 is 14.8 Å². The van der Waals surface area contributed by atoms with Crippen LogP contribution in [0, 0.1) is 22.7 Å². The molecule has 1 aliphatic heterocycles. The van der Waals surface area contributed by atoms with Crippen molar-refractivity contribution in [3.8, 4) is 23.6 Å². The predicted octanol–water partition coefficient (Wildman–Crippen LogP) is 8.52. The Morgan fingerprint density at radius 1 is 0.818 bits per heavy atom. The predicted molar refractivity (Wildman–Crippen MR) is 247 cm³/mol. The highest BCUT2D eigenvalue weighted by molar-refractivity contribution is 7.56. The fourth-order valence-corrected chi connectivity index (χ4v) is 11.5. The number of anilines is 1. The van der Waals surface area contributed by atoms with Gasteiger partial charge in [-0.05, 0) is 80.8 Å². The first kappa shape index (κ1) is 47.5. The molecule has 1 fully saturated rings. The van der Waals surface area contributed by atoms with Gasteiger partial charge in [-0.1, -0.05) is 72.8 Å². The molecule has 2 unspecified atom stereocenters. The van der Waals surface area contributed by atoms with E-state index in [-0.39, 0.29) is 54.9 Å². The molecule has 0 bridgehead atoms. The molecule has 7 rings (SSSR count). The van der Waals surface area contributed by atoms with Crippen molar-refractivity contribution in [3.63, 3.8) is 0 Å². The maximum Gasteiger partial charge on any atom is 0.274 e. The number of nitrogens with one attached hydrogen (secondary N) is 1. The lowest BCUT2D eigenvalue weighted by Gasteiger charge is -2.40. The molecular formula is C49H53N8O8P. The Morgan fingerprint density at radius 2 is 1.41 bits per heavy atom. The molecule has 1 amide bonds. The quantitative estimate of drug-likeness (QED) is 0.0565. The zero-order valence-electron chi connectivity index (χ0n) is 37.7. The van der Waals surface area contributed by atoms with E-state index in [2.05, 4.69) is 32.4 Å². The molecule has 0 aliphatic carbocycles. The minimum absolute atomic E-state index is 0.0538. The molecule has 4 aromatic carbocycles. The molecule has 6 aromatic rings. The summed E-state index contributed by atoms with van der Waals surface area (Å²) in [5.41, 5.74) is 1.98. The normalized spacial score (nSPS) is 18.2. The monoisotopic (exact) mass is 912 g/mol. The van der Waals surface area contributed by atoms with Crippen molar-refractivity contribution in [2.45, 2.75) is 76.3 Å². The number of nitriles is 2. The molecule has 3 heterocycles. The van der Waals surface area contributed by atoms with Gasteiger partial charge in [-0.3, -0.25) is 13.9 Å². The Bertz CT molecular complexity index is 2630. The van der Waals surface area contributed by atoms with E-state index in [1.807, 2.05) is 113 Å². The van der Waals surface area contributed by atoms with Gasteiger partial charge in [-0.15, -0.1) is 0 Å². The SMILES string of the molecule is COc1ccc(C(OCC2O[C@@H](n3cnc4c(NC(=O)c5ccccc5)ncnc43)[C@H](OCC#N)[C@@H]2OP(=O)(CCC#N)N(C(C)C)C(C)C)(c2ccccc2)c2ccc(OC)cc2)cc1. The summed E-state index contributed by atoms with van der Waals surface area (Å²) < 4.78 is 57.7. The standard InChI is InChI=1S/C49H53N8O8P/c1-33(2)57(34(3)4)66(59,29-13-26-50)65-43-41(30-63-49(36-16-11-8-12-17-36,37-18-22-39(60-5)23-19-37)38-20-24-40(61-6)25-21-38)64-48(44(43)62-28-27-51)56-32-54-42-45(52-31-53-46(42)56)55-47(58)35-14-9-7-10-15-35/h7-12,14-25,31-34,41,43-44,48H,13,28-30H2,1-6H3,(H,52,53,55,58)/t41?,43-,44-,48-,66?/m1/s1. The third-order valence-corrected chi connectivity index (χ3v) is 14.4. The average Bonchev–Trinajstić information content (AvgIpc) is 3.92. The number of benzene rings is 4. The van der Waals surface area contributed by atoms with Crippen molar-refractivity contribution in [2.24, 2.45) is 0 Å². The summed E-state index contributed by atoms with van der Waals surface area (Å²) in [7, 11) is -0.686. The van der Waals surface area contributed by atoms with Crippen molar-refractivity contribution >= 4 is 30.4 Å². The van der Waals surface area contributed by atoms with Gasteiger partial charge in [0.15, 0.2) is 23.2 Å². The van der Waals surface area contributed by atoms with Crippen LogP contribution in [0.3, 0.4) is 0 Å². The Balaban J connectivity index is 1.38. The molecule has 0 spiro atoms. The Morgan fingerprint density at radius 3 is 1.97 bits per heavy atom. The molecule has 1 saturated heterocycles. The summed E-state index contributed by atoms with van der Waals surface area (Å²) in [6.45, 7) is 7.12. The second kappa shape index (κ2) is 21.2. The van der Waals surface area contributed by atoms with Gasteiger partial charge >= 0.3 is 0 Å². The second-order valence-electron chi connectivity index (χ2n) is 16.1. The number of hydrogen-bond acceptors (Lipinski definition) is 13. The number of amides is 1. The molecular weight excluding hydrogens is 860 g/mol. The molecule has 5 atom stereocenters. The van der Waals surface area contributed by atoms with Crippen molar-refractivity contribution < 1.29 is 37.6 Å². The first-order valence-electron chi connectivity index (χ1n) is 21.6. The van der Waals surface area contributed by atoms with Crippen LogP contribution in [-0.2, 0) is 28.9 Å². The maximum atomic E-state index is 15.6. The number of ether oxygens (including phenoxy) is 5. The van der Waals surface area contributed by atoms with Crippen LogP contribution in [0.5, 0.6) is 11.5 Å². The number of fused-ring (bicyclic) bond motifs is 1. The first-order valence-corrected chi connectivity index (χ1v) is 23.3. The van der Waals surface area contributed by atoms with Gasteiger partial charge < -0.3 is 33.5 Å². The fourth-order valence-electron chi connectivity index (χ4n) is 8.59. The highest BCUT2D eigenvalue weighted by atomic mass is 31.2. The summed E-state index contributed by atoms with van der Waals surface area (Å²) >= 11 is 0. The van der Waals surface area contributed by atoms with Crippen molar-refractivity contribution in [1.82, 2.24) is 24.2 Å². The third-order valence-electron chi connectivity index (χ3n) is 11.4. The van der Waals surface area contributed by atoms with E-state index >= 15 is 4.57 Å². The number of hydrogen-bond donors (Lipinski definition) is 1. The van der Waals surface area contributed by atoms with Gasteiger partial charge in [0.05, 0.1) is 45.5 Å². The van der Waals surface area contributed by atoms with E-state index in [0.717, 1.165) is 16.7 Å². The van der Waals surface area contributed by atoms with E-state index in [0.29, 0.717) is 17.1 Å². The van der Waals surface area contributed by atoms with Crippen molar-refractivity contribution in [2.75, 3.05) is 38.9 Å². The van der Waals surface area contributed by atoms with Crippen molar-refractivity contribution in [1.29, 1.82) is 10.5 Å². The van der Waals surface area contributed by atoms with Crippen LogP contribution in [0.15, 0.2) is 122 Å². The molecule has 2 aromatic heterocycles. The highest BCUT2D eigenvalue weighted by Crippen LogP contribution is 2.57. The molecule has 1 N–H and O–H groups in total. The van der Waals surface area contributed by atoms with Gasteiger partial charge in [-0.2, -0.15) is 10.5 Å². The van der Waals surface area contributed by atoms with E-state index in [4.69, 9.17) is 28.2 Å². The Hall–Kier alpha value is -6.49. The first-order chi connectivity index (χ1) is 32.0. The summed E-state index contributed by atoms with van der Waals surface area (Å²) in [6.07, 6.45) is -1.77. The summed E-state index contributed by atoms with van der Waals surface area (Å²) in [4.78, 5) is 26.8. The average molecular weight is 913 g/mol. The van der Waals surface area contributed by atoms with Crippen molar-refractivity contribution in [3.05, 3.63) is 144 Å². The smallest absolute Gasteiger partial charge is 0.274 e. The number of carbonyl (C=O) groups is 1. The third kappa shape index (κ3) is 9.86. The Kier molecular flexibility index (Phi) is 15.3. The van der Waals surface area contributed by atoms with E-state index in [1.165, 1.54) is 12.7 Å². The Labute approximate surface area is 384 Å². The summed E-state index contributed by atoms with van der Waals surface area (Å²) in [5, 5.41) is 22.6. The number of aromatic nitrogens is 4. The minimum atomic E-state index is -3.89. The minimum Gasteiger partial charge on any atom is -0.497 e. The van der Waals surface area contributed by atoms with Gasteiger partial charge in [0, 0.05) is 24.1 Å². The number of methoxy groups -OCH3 is 2. The van der Waals surface area contributed by atoms with E-state index < -0.39 is 43.6 Å². The molecule has 0 saturated carbocycles. The topological polar surface area (TPSA) is 196 Å². The number of carbonyl (C=O) groups excluding carboxylic acids is 1. The van der Waals surface area contributed by atoms with Crippen LogP contribution in [0.2, 0.25) is 0 Å². The maximum absolute atomic E-state index is 15.6. The van der Waals surface area contributed by atoms with E-state index in [1.54, 1.807) is 47.7 Å². The molecule has 16 nitrogen and oxygen atoms in total.